The number of carbonyl (C=O) groups is 1. The third kappa shape index (κ3) is 2.88. The first-order chi connectivity index (χ1) is 8.70. The first kappa shape index (κ1) is 12.6. The van der Waals surface area contributed by atoms with Crippen LogP contribution < -0.4 is 11.1 Å². The van der Waals surface area contributed by atoms with E-state index in [2.05, 4.69) is 11.4 Å². The van der Waals surface area contributed by atoms with Crippen LogP contribution in [0.25, 0.3) is 0 Å². The predicted octanol–water partition coefficient (Wildman–Crippen LogP) is 2.01. The lowest BCUT2D eigenvalue weighted by Gasteiger charge is -2.25. The third-order valence-corrected chi connectivity index (χ3v) is 3.39. The number of hydrogen-bond donors (Lipinski definition) is 2. The number of nitriles is 1. The van der Waals surface area contributed by atoms with Crippen LogP contribution in [0.4, 0.5) is 5.69 Å². The van der Waals surface area contributed by atoms with Crippen molar-refractivity contribution in [3.63, 3.8) is 0 Å². The molecule has 0 bridgehead atoms. The van der Waals surface area contributed by atoms with Gasteiger partial charge in [-0.1, -0.05) is 18.6 Å². The number of carbonyl (C=O) groups excluding carboxylic acids is 1. The van der Waals surface area contributed by atoms with Crippen molar-refractivity contribution in [1.82, 2.24) is 0 Å². The smallest absolute Gasteiger partial charge is 0.227 e. The van der Waals surface area contributed by atoms with E-state index in [1.165, 1.54) is 0 Å². The van der Waals surface area contributed by atoms with E-state index < -0.39 is 0 Å². The minimum Gasteiger partial charge on any atom is -0.328 e. The molecule has 1 aromatic carbocycles. The van der Waals surface area contributed by atoms with Crippen molar-refractivity contribution >= 4 is 11.6 Å². The molecule has 1 aliphatic carbocycles. The largest absolute Gasteiger partial charge is 0.328 e. The van der Waals surface area contributed by atoms with Gasteiger partial charge < -0.3 is 11.1 Å². The van der Waals surface area contributed by atoms with Crippen molar-refractivity contribution in [3.05, 3.63) is 29.8 Å². The Kier molecular flexibility index (Phi) is 3.96. The summed E-state index contributed by atoms with van der Waals surface area (Å²) in [5.41, 5.74) is 6.96. The molecule has 2 atom stereocenters. The van der Waals surface area contributed by atoms with Crippen LogP contribution in [0.5, 0.6) is 0 Å². The lowest BCUT2D eigenvalue weighted by Crippen LogP contribution is -2.34. The molecule has 0 aliphatic heterocycles. The first-order valence-electron chi connectivity index (χ1n) is 6.26. The van der Waals surface area contributed by atoms with Gasteiger partial charge in [0.15, 0.2) is 0 Å². The number of benzene rings is 1. The second kappa shape index (κ2) is 5.65. The number of nitrogens with one attached hydrogen (secondary N) is 1. The van der Waals surface area contributed by atoms with Crippen molar-refractivity contribution < 1.29 is 4.79 Å². The van der Waals surface area contributed by atoms with Gasteiger partial charge >= 0.3 is 0 Å². The Labute approximate surface area is 107 Å². The SMILES string of the molecule is N#Cc1ccccc1NC(=O)C1CCCC(N)C1. The fourth-order valence-corrected chi connectivity index (χ4v) is 2.39. The van der Waals surface area contributed by atoms with Gasteiger partial charge in [0.25, 0.3) is 0 Å². The molecule has 1 amide bonds. The van der Waals surface area contributed by atoms with Gasteiger partial charge in [-0.15, -0.1) is 0 Å². The molecular weight excluding hydrogens is 226 g/mol. The van der Waals surface area contributed by atoms with Gasteiger partial charge in [-0.3, -0.25) is 4.79 Å². The molecule has 2 rings (SSSR count). The Balaban J connectivity index is 2.05. The highest BCUT2D eigenvalue weighted by Gasteiger charge is 2.25. The first-order valence-corrected chi connectivity index (χ1v) is 6.26. The summed E-state index contributed by atoms with van der Waals surface area (Å²) in [7, 11) is 0. The summed E-state index contributed by atoms with van der Waals surface area (Å²) in [6, 6.07) is 9.24. The molecule has 0 radical (unpaired) electrons. The molecule has 94 valence electrons. The fourth-order valence-electron chi connectivity index (χ4n) is 2.39. The van der Waals surface area contributed by atoms with E-state index in [4.69, 9.17) is 11.0 Å². The zero-order valence-corrected chi connectivity index (χ0v) is 10.2. The molecule has 0 spiro atoms. The minimum atomic E-state index is -0.0273. The van der Waals surface area contributed by atoms with Crippen LogP contribution in [0.3, 0.4) is 0 Å². The van der Waals surface area contributed by atoms with Gasteiger partial charge in [0.1, 0.15) is 6.07 Å². The van der Waals surface area contributed by atoms with Gasteiger partial charge in [0, 0.05) is 12.0 Å². The van der Waals surface area contributed by atoms with Crippen LogP contribution in [-0.4, -0.2) is 11.9 Å². The summed E-state index contributed by atoms with van der Waals surface area (Å²) in [5, 5.41) is 11.8. The van der Waals surface area contributed by atoms with Gasteiger partial charge in [0.05, 0.1) is 11.3 Å². The average molecular weight is 243 g/mol. The molecule has 1 fully saturated rings. The quantitative estimate of drug-likeness (QED) is 0.834. The van der Waals surface area contributed by atoms with Crippen molar-refractivity contribution in [2.75, 3.05) is 5.32 Å². The topological polar surface area (TPSA) is 78.9 Å². The lowest BCUT2D eigenvalue weighted by molar-refractivity contribution is -0.120. The Morgan fingerprint density at radius 1 is 1.39 bits per heavy atom. The lowest BCUT2D eigenvalue weighted by atomic mass is 9.85. The second-order valence-electron chi connectivity index (χ2n) is 4.77. The van der Waals surface area contributed by atoms with E-state index in [1.54, 1.807) is 18.2 Å². The van der Waals surface area contributed by atoms with E-state index in [0.29, 0.717) is 11.3 Å². The number of anilines is 1. The molecule has 4 nitrogen and oxygen atoms in total. The molecule has 0 aromatic heterocycles. The highest BCUT2D eigenvalue weighted by atomic mass is 16.1. The Hall–Kier alpha value is -1.86. The molecule has 4 heteroatoms. The van der Waals surface area contributed by atoms with E-state index in [0.717, 1.165) is 25.7 Å². The van der Waals surface area contributed by atoms with Crippen LogP contribution in [0.2, 0.25) is 0 Å². The number of para-hydroxylation sites is 1. The van der Waals surface area contributed by atoms with Gasteiger partial charge in [-0.05, 0) is 31.4 Å². The van der Waals surface area contributed by atoms with Gasteiger partial charge in [-0.2, -0.15) is 5.26 Å². The molecule has 1 aromatic rings. The molecule has 1 aliphatic rings. The van der Waals surface area contributed by atoms with Crippen molar-refractivity contribution in [1.29, 1.82) is 5.26 Å². The monoisotopic (exact) mass is 243 g/mol. The summed E-state index contributed by atoms with van der Waals surface area (Å²) in [6.07, 6.45) is 3.62. The minimum absolute atomic E-state index is 0.0205. The summed E-state index contributed by atoms with van der Waals surface area (Å²) in [6.45, 7) is 0. The van der Waals surface area contributed by atoms with E-state index in [9.17, 15) is 4.79 Å². The number of rotatable bonds is 2. The normalized spacial score (nSPS) is 23.1. The van der Waals surface area contributed by atoms with Crippen molar-refractivity contribution in [2.24, 2.45) is 11.7 Å². The summed E-state index contributed by atoms with van der Waals surface area (Å²) in [4.78, 5) is 12.1. The number of hydrogen-bond acceptors (Lipinski definition) is 3. The maximum atomic E-state index is 12.1. The third-order valence-electron chi connectivity index (χ3n) is 3.39. The van der Waals surface area contributed by atoms with Crippen LogP contribution in [0.15, 0.2) is 24.3 Å². The zero-order chi connectivity index (χ0) is 13.0. The number of amides is 1. The molecule has 3 N–H and O–H groups in total. The van der Waals surface area contributed by atoms with Crippen LogP contribution >= 0.6 is 0 Å². The van der Waals surface area contributed by atoms with Crippen LogP contribution in [0, 0.1) is 17.2 Å². The highest BCUT2D eigenvalue weighted by molar-refractivity contribution is 5.93. The summed E-state index contributed by atoms with van der Waals surface area (Å²) >= 11 is 0. The molecule has 2 unspecified atom stereocenters. The van der Waals surface area contributed by atoms with Crippen LogP contribution in [-0.2, 0) is 4.79 Å². The molecular formula is C14H17N3O. The van der Waals surface area contributed by atoms with E-state index >= 15 is 0 Å². The number of nitrogens with two attached hydrogens (primary N) is 1. The van der Waals surface area contributed by atoms with E-state index in [1.807, 2.05) is 6.07 Å². The molecule has 18 heavy (non-hydrogen) atoms. The zero-order valence-electron chi connectivity index (χ0n) is 10.2. The average Bonchev–Trinajstić information content (AvgIpc) is 2.39. The molecule has 0 heterocycles. The van der Waals surface area contributed by atoms with Crippen LogP contribution in [0.1, 0.15) is 31.2 Å². The Bertz CT molecular complexity index is 478. The predicted molar refractivity (Wildman–Crippen MR) is 69.7 cm³/mol. The van der Waals surface area contributed by atoms with Crippen molar-refractivity contribution in [2.45, 2.75) is 31.7 Å². The summed E-state index contributed by atoms with van der Waals surface area (Å²) < 4.78 is 0. The van der Waals surface area contributed by atoms with E-state index in [-0.39, 0.29) is 17.9 Å². The van der Waals surface area contributed by atoms with Gasteiger partial charge in [0.2, 0.25) is 5.91 Å². The van der Waals surface area contributed by atoms with Crippen molar-refractivity contribution in [3.8, 4) is 6.07 Å². The Morgan fingerprint density at radius 3 is 2.89 bits per heavy atom. The number of nitrogens with zero attached hydrogens (tertiary/aromatic N) is 1. The molecule has 0 saturated heterocycles. The second-order valence-corrected chi connectivity index (χ2v) is 4.77. The standard InChI is InChI=1S/C14H17N3O/c15-9-11-4-1-2-7-13(11)17-14(18)10-5-3-6-12(16)8-10/h1-2,4,7,10,12H,3,5-6,8,16H2,(H,17,18). The Morgan fingerprint density at radius 2 is 2.17 bits per heavy atom. The highest BCUT2D eigenvalue weighted by Crippen LogP contribution is 2.25. The maximum absolute atomic E-state index is 12.1. The fraction of sp³-hybridized carbons (Fsp3) is 0.429. The molecule has 1 saturated carbocycles. The summed E-state index contributed by atoms with van der Waals surface area (Å²) in [5.74, 6) is -0.0478. The van der Waals surface area contributed by atoms with Gasteiger partial charge in [-0.25, -0.2) is 0 Å². The maximum Gasteiger partial charge on any atom is 0.227 e.